The van der Waals surface area contributed by atoms with Crippen LogP contribution in [0.25, 0.3) is 0 Å². The van der Waals surface area contributed by atoms with Gasteiger partial charge in [0.15, 0.2) is 0 Å². The van der Waals surface area contributed by atoms with Crippen molar-refractivity contribution in [1.82, 2.24) is 4.98 Å². The Labute approximate surface area is 98.0 Å². The molecule has 0 N–H and O–H groups in total. The van der Waals surface area contributed by atoms with E-state index in [1.165, 1.54) is 0 Å². The normalized spacial score (nSPS) is 10.9. The van der Waals surface area contributed by atoms with Crippen molar-refractivity contribution in [1.29, 1.82) is 0 Å². The lowest BCUT2D eigenvalue weighted by atomic mass is 10.3. The Morgan fingerprint density at radius 3 is 2.88 bits per heavy atom. The van der Waals surface area contributed by atoms with E-state index >= 15 is 0 Å². The summed E-state index contributed by atoms with van der Waals surface area (Å²) in [7, 11) is 0. The van der Waals surface area contributed by atoms with E-state index in [-0.39, 0.29) is 7.43 Å². The number of nitrogens with zero attached hydrogens (tertiary/aromatic N) is 1. The smallest absolute Gasteiger partial charge is 0.130 e. The molecule has 86 valence electrons. The van der Waals surface area contributed by atoms with Crippen LogP contribution in [0.4, 0.5) is 0 Å². The largest absolute Gasteiger partial charge is 0.492 e. The van der Waals surface area contributed by atoms with E-state index in [1.54, 1.807) is 12.3 Å². The number of hydrogen-bond acceptors (Lipinski definition) is 2. The van der Waals surface area contributed by atoms with Crippen molar-refractivity contribution in [3.63, 3.8) is 0 Å². The summed E-state index contributed by atoms with van der Waals surface area (Å²) in [6.45, 7) is 6.00. The third-order valence-corrected chi connectivity index (χ3v) is 1.75. The highest BCUT2D eigenvalue weighted by molar-refractivity contribution is 5.11. The molecule has 0 spiro atoms. The van der Waals surface area contributed by atoms with Gasteiger partial charge in [-0.1, -0.05) is 38.3 Å². The first-order chi connectivity index (χ1) is 7.33. The molecule has 0 radical (unpaired) electrons. The van der Waals surface area contributed by atoms with E-state index in [4.69, 9.17) is 4.74 Å². The Morgan fingerprint density at radius 1 is 1.44 bits per heavy atom. The number of rotatable bonds is 5. The lowest BCUT2D eigenvalue weighted by Crippen LogP contribution is -1.92. The fourth-order valence-corrected chi connectivity index (χ4v) is 0.989. The van der Waals surface area contributed by atoms with Gasteiger partial charge in [0.2, 0.25) is 0 Å². The third-order valence-electron chi connectivity index (χ3n) is 1.75. The Morgan fingerprint density at radius 2 is 2.25 bits per heavy atom. The minimum absolute atomic E-state index is 0. The molecule has 0 unspecified atom stereocenters. The summed E-state index contributed by atoms with van der Waals surface area (Å²) in [5.41, 5.74) is 0.929. The summed E-state index contributed by atoms with van der Waals surface area (Å²) in [6.07, 6.45) is 9.12. The molecule has 0 saturated heterocycles. The van der Waals surface area contributed by atoms with Gasteiger partial charge in [0.1, 0.15) is 6.61 Å². The summed E-state index contributed by atoms with van der Waals surface area (Å²) in [5, 5.41) is 0. The molecule has 16 heavy (non-hydrogen) atoms. The number of ether oxygens (including phenoxy) is 1. The molecule has 0 fully saturated rings. The number of hydrogen-bond donors (Lipinski definition) is 0. The minimum atomic E-state index is 0. The average molecular weight is 217 g/mol. The third kappa shape index (κ3) is 5.81. The molecule has 0 aliphatic heterocycles. The topological polar surface area (TPSA) is 22.1 Å². The molecule has 0 aliphatic rings. The monoisotopic (exact) mass is 217 g/mol. The van der Waals surface area contributed by atoms with Crippen molar-refractivity contribution in [2.24, 2.45) is 0 Å². The molecule has 0 saturated carbocycles. The Kier molecular flexibility index (Phi) is 7.51. The van der Waals surface area contributed by atoms with Gasteiger partial charge in [-0.25, -0.2) is 0 Å². The van der Waals surface area contributed by atoms with Gasteiger partial charge < -0.3 is 4.74 Å². The lowest BCUT2D eigenvalue weighted by molar-refractivity contribution is 0.197. The predicted molar refractivity (Wildman–Crippen MR) is 68.9 cm³/mol. The highest BCUT2D eigenvalue weighted by atomic mass is 16.5. The molecule has 2 heteroatoms. The molecule has 0 bridgehead atoms. The molecular weight excluding hydrogens is 198 g/mol. The van der Waals surface area contributed by atoms with Gasteiger partial charge in [-0.2, -0.15) is 0 Å². The average Bonchev–Trinajstić information content (AvgIpc) is 2.28. The molecule has 1 aromatic heterocycles. The summed E-state index contributed by atoms with van der Waals surface area (Å²) in [5.74, 6) is 0.860. The summed E-state index contributed by atoms with van der Waals surface area (Å²) in [6, 6.07) is 5.77. The van der Waals surface area contributed by atoms with Crippen molar-refractivity contribution < 1.29 is 4.74 Å². The van der Waals surface area contributed by atoms with Crippen LogP contribution in [0.1, 0.15) is 20.0 Å². The van der Waals surface area contributed by atoms with E-state index in [0.717, 1.165) is 11.5 Å². The van der Waals surface area contributed by atoms with Gasteiger partial charge in [0.25, 0.3) is 0 Å². The fraction of sp³-hybridized carbons (Fsp3) is 0.214. The standard InChI is InChI=1S/C13H15NO.CH4/c1-3-4-5-8-12(2)15-11-13-9-6-7-10-14-13;/h3-10H,1,11H2,2H3;1H4/b5-4-,12-8+;. The highest BCUT2D eigenvalue weighted by Gasteiger charge is 1.92. The minimum Gasteiger partial charge on any atom is -0.492 e. The van der Waals surface area contributed by atoms with Gasteiger partial charge in [-0.15, -0.1) is 0 Å². The van der Waals surface area contributed by atoms with Gasteiger partial charge >= 0.3 is 0 Å². The second kappa shape index (κ2) is 8.48. The lowest BCUT2D eigenvalue weighted by Gasteiger charge is -2.04. The zero-order chi connectivity index (χ0) is 10.9. The predicted octanol–water partition coefficient (Wildman–Crippen LogP) is 3.88. The first-order valence-electron chi connectivity index (χ1n) is 4.81. The van der Waals surface area contributed by atoms with Gasteiger partial charge in [0, 0.05) is 6.20 Å². The van der Waals surface area contributed by atoms with E-state index in [9.17, 15) is 0 Å². The fourth-order valence-electron chi connectivity index (χ4n) is 0.989. The number of pyridine rings is 1. The van der Waals surface area contributed by atoms with Crippen molar-refractivity contribution in [3.8, 4) is 0 Å². The van der Waals surface area contributed by atoms with Gasteiger partial charge in [-0.05, 0) is 25.1 Å². The Bertz CT molecular complexity index is 352. The number of allylic oxidation sites excluding steroid dienone is 5. The van der Waals surface area contributed by atoms with Crippen molar-refractivity contribution in [2.75, 3.05) is 0 Å². The first-order valence-corrected chi connectivity index (χ1v) is 4.81. The van der Waals surface area contributed by atoms with Crippen LogP contribution in [0.3, 0.4) is 0 Å². The van der Waals surface area contributed by atoms with Crippen molar-refractivity contribution >= 4 is 0 Å². The van der Waals surface area contributed by atoms with Crippen LogP contribution in [-0.4, -0.2) is 4.98 Å². The van der Waals surface area contributed by atoms with E-state index in [1.807, 2.05) is 43.4 Å². The molecular formula is C14H19NO. The molecule has 2 nitrogen and oxygen atoms in total. The van der Waals surface area contributed by atoms with Crippen LogP contribution < -0.4 is 0 Å². The van der Waals surface area contributed by atoms with Crippen LogP contribution in [0.5, 0.6) is 0 Å². The van der Waals surface area contributed by atoms with Crippen LogP contribution in [0.2, 0.25) is 0 Å². The summed E-state index contributed by atoms with van der Waals surface area (Å²) >= 11 is 0. The van der Waals surface area contributed by atoms with Gasteiger partial charge in [0.05, 0.1) is 11.5 Å². The molecule has 0 aromatic carbocycles. The maximum absolute atomic E-state index is 5.49. The molecule has 1 heterocycles. The number of aromatic nitrogens is 1. The van der Waals surface area contributed by atoms with Crippen LogP contribution in [0.15, 0.2) is 61.0 Å². The molecule has 1 rings (SSSR count). The second-order valence-corrected chi connectivity index (χ2v) is 3.01. The highest BCUT2D eigenvalue weighted by Crippen LogP contribution is 2.02. The van der Waals surface area contributed by atoms with E-state index in [2.05, 4.69) is 11.6 Å². The second-order valence-electron chi connectivity index (χ2n) is 3.01. The summed E-state index contributed by atoms with van der Waals surface area (Å²) in [4.78, 5) is 4.16. The first kappa shape index (κ1) is 14.2. The maximum atomic E-state index is 5.49. The van der Waals surface area contributed by atoms with E-state index in [0.29, 0.717) is 6.61 Å². The zero-order valence-corrected chi connectivity index (χ0v) is 8.89. The quantitative estimate of drug-likeness (QED) is 0.551. The van der Waals surface area contributed by atoms with Crippen molar-refractivity contribution in [3.05, 3.63) is 66.7 Å². The Hall–Kier alpha value is -1.83. The maximum Gasteiger partial charge on any atom is 0.130 e. The SMILES string of the molecule is C.C=C/C=C\C=C(/C)OCc1ccccn1. The molecule has 0 aliphatic carbocycles. The van der Waals surface area contributed by atoms with Gasteiger partial charge in [-0.3, -0.25) is 4.98 Å². The molecule has 1 aromatic rings. The summed E-state index contributed by atoms with van der Waals surface area (Å²) < 4.78 is 5.49. The van der Waals surface area contributed by atoms with Crippen LogP contribution in [0, 0.1) is 0 Å². The van der Waals surface area contributed by atoms with E-state index < -0.39 is 0 Å². The Balaban J connectivity index is 0.00000225. The zero-order valence-electron chi connectivity index (χ0n) is 8.89. The van der Waals surface area contributed by atoms with Crippen molar-refractivity contribution in [2.45, 2.75) is 21.0 Å². The van der Waals surface area contributed by atoms with Crippen LogP contribution >= 0.6 is 0 Å². The van der Waals surface area contributed by atoms with Crippen LogP contribution in [-0.2, 0) is 11.3 Å². The molecule has 0 amide bonds. The molecule has 0 atom stereocenters.